The van der Waals surface area contributed by atoms with Crippen LogP contribution in [0.3, 0.4) is 0 Å². The number of amidine groups is 1. The van der Waals surface area contributed by atoms with Crippen LogP contribution in [-0.2, 0) is 11.2 Å². The van der Waals surface area contributed by atoms with Crippen LogP contribution in [0.15, 0.2) is 58.6 Å². The van der Waals surface area contributed by atoms with Gasteiger partial charge in [0.05, 0.1) is 11.2 Å². The lowest BCUT2D eigenvalue weighted by Gasteiger charge is -2.48. The first-order chi connectivity index (χ1) is 15.8. The first kappa shape index (κ1) is 22.8. The number of benzene rings is 1. The van der Waals surface area contributed by atoms with Gasteiger partial charge < -0.3 is 19.5 Å². The summed E-state index contributed by atoms with van der Waals surface area (Å²) < 4.78 is 20.3. The number of para-hydroxylation sites is 1. The molecule has 2 aromatic rings. The van der Waals surface area contributed by atoms with Crippen molar-refractivity contribution in [1.82, 2.24) is 15.1 Å². The van der Waals surface area contributed by atoms with Gasteiger partial charge in [0.2, 0.25) is 0 Å². The number of rotatable bonds is 5. The van der Waals surface area contributed by atoms with Crippen LogP contribution in [0.1, 0.15) is 38.5 Å². The average molecular weight is 451 g/mol. The summed E-state index contributed by atoms with van der Waals surface area (Å²) in [6.45, 7) is 16.4. The molecule has 1 aromatic heterocycles. The van der Waals surface area contributed by atoms with Gasteiger partial charge in [-0.3, -0.25) is 9.79 Å². The van der Waals surface area contributed by atoms with Gasteiger partial charge in [0.1, 0.15) is 0 Å². The maximum Gasteiger partial charge on any atom is 0.289 e. The molecule has 6 nitrogen and oxygen atoms in total. The molecule has 0 radical (unpaired) electrons. The van der Waals surface area contributed by atoms with Crippen molar-refractivity contribution in [2.24, 2.45) is 4.99 Å². The van der Waals surface area contributed by atoms with Crippen molar-refractivity contribution in [2.75, 3.05) is 26.2 Å². The van der Waals surface area contributed by atoms with E-state index in [4.69, 9.17) is 4.42 Å². The Morgan fingerprint density at radius 2 is 2.15 bits per heavy atom. The number of aryl methyl sites for hydroxylation is 1. The van der Waals surface area contributed by atoms with E-state index in [1.54, 1.807) is 18.3 Å². The lowest BCUT2D eigenvalue weighted by atomic mass is 9.97. The number of halogens is 1. The van der Waals surface area contributed by atoms with E-state index in [9.17, 15) is 9.18 Å². The molecule has 1 amide bonds. The molecule has 1 fully saturated rings. The molecule has 33 heavy (non-hydrogen) atoms. The summed E-state index contributed by atoms with van der Waals surface area (Å²) in [5, 5.41) is 3.84. The first-order valence-electron chi connectivity index (χ1n) is 11.4. The minimum Gasteiger partial charge on any atom is -0.451 e. The molecule has 2 aliphatic heterocycles. The van der Waals surface area contributed by atoms with Crippen molar-refractivity contribution in [3.63, 3.8) is 0 Å². The second kappa shape index (κ2) is 8.89. The molecule has 0 saturated carbocycles. The highest BCUT2D eigenvalue weighted by atomic mass is 19.1. The Balaban J connectivity index is 1.54. The van der Waals surface area contributed by atoms with Crippen LogP contribution < -0.4 is 5.32 Å². The van der Waals surface area contributed by atoms with Crippen LogP contribution in [0.4, 0.5) is 4.39 Å². The lowest BCUT2D eigenvalue weighted by Crippen LogP contribution is -2.62. The van der Waals surface area contributed by atoms with Crippen molar-refractivity contribution < 1.29 is 13.6 Å². The van der Waals surface area contributed by atoms with Crippen molar-refractivity contribution in [3.8, 4) is 0 Å². The quantitative estimate of drug-likeness (QED) is 0.729. The summed E-state index contributed by atoms with van der Waals surface area (Å²) in [6, 6.07) is 4.98. The molecule has 1 N–H and O–H groups in total. The molecule has 0 spiro atoms. The Labute approximate surface area is 194 Å². The van der Waals surface area contributed by atoms with E-state index in [0.717, 1.165) is 22.9 Å². The van der Waals surface area contributed by atoms with Crippen molar-refractivity contribution >= 4 is 28.4 Å². The number of fused-ring (bicyclic) bond motifs is 1. The van der Waals surface area contributed by atoms with E-state index in [1.165, 1.54) is 6.07 Å². The van der Waals surface area contributed by atoms with Gasteiger partial charge in [0, 0.05) is 43.3 Å². The number of nitrogens with one attached hydrogen (secondary N) is 1. The second-order valence-electron chi connectivity index (χ2n) is 9.07. The Morgan fingerprint density at radius 3 is 2.85 bits per heavy atom. The third-order valence-electron chi connectivity index (χ3n) is 6.44. The van der Waals surface area contributed by atoms with Crippen LogP contribution in [0, 0.1) is 5.82 Å². The molecule has 0 unspecified atom stereocenters. The fourth-order valence-corrected chi connectivity index (χ4v) is 4.62. The highest BCUT2D eigenvalue weighted by molar-refractivity contribution is 6.38. The minimum absolute atomic E-state index is 0.119. The van der Waals surface area contributed by atoms with E-state index >= 15 is 0 Å². The normalized spacial score (nSPS) is 18.3. The monoisotopic (exact) mass is 450 g/mol. The summed E-state index contributed by atoms with van der Waals surface area (Å²) in [6.07, 6.45) is 5.04. The fourth-order valence-electron chi connectivity index (χ4n) is 4.62. The summed E-state index contributed by atoms with van der Waals surface area (Å²) in [5.41, 5.74) is 2.49. The zero-order chi connectivity index (χ0) is 23.8. The molecule has 0 atom stereocenters. The van der Waals surface area contributed by atoms with Crippen molar-refractivity contribution in [2.45, 2.75) is 39.2 Å². The largest absolute Gasteiger partial charge is 0.451 e. The molecule has 174 valence electrons. The smallest absolute Gasteiger partial charge is 0.289 e. The predicted molar refractivity (Wildman–Crippen MR) is 130 cm³/mol. The van der Waals surface area contributed by atoms with Gasteiger partial charge in [0.25, 0.3) is 5.91 Å². The van der Waals surface area contributed by atoms with E-state index in [-0.39, 0.29) is 17.3 Å². The number of nitrogens with zero attached hydrogens (tertiary/aromatic N) is 3. The predicted octanol–water partition coefficient (Wildman–Crippen LogP) is 4.49. The number of carbonyl (C=O) groups excluding carboxylic acids is 1. The van der Waals surface area contributed by atoms with Crippen LogP contribution in [-0.4, -0.2) is 53.3 Å². The second-order valence-corrected chi connectivity index (χ2v) is 9.07. The summed E-state index contributed by atoms with van der Waals surface area (Å²) in [5.74, 6) is 0.479. The van der Waals surface area contributed by atoms with Gasteiger partial charge in [-0.05, 0) is 38.3 Å². The molecule has 0 aliphatic carbocycles. The Hall–Kier alpha value is -3.35. The highest BCUT2D eigenvalue weighted by Gasteiger charge is 2.39. The highest BCUT2D eigenvalue weighted by Crippen LogP contribution is 2.35. The van der Waals surface area contributed by atoms with Gasteiger partial charge in [-0.15, -0.1) is 0 Å². The number of piperazine rings is 1. The van der Waals surface area contributed by atoms with Crippen LogP contribution in [0.25, 0.3) is 16.7 Å². The van der Waals surface area contributed by atoms with Gasteiger partial charge in [0.15, 0.2) is 23.0 Å². The Bertz CT molecular complexity index is 1170. The Morgan fingerprint density at radius 1 is 1.36 bits per heavy atom. The van der Waals surface area contributed by atoms with Crippen LogP contribution in [0.5, 0.6) is 0 Å². The fraction of sp³-hybridized carbons (Fsp3) is 0.385. The number of aliphatic imine (C=N–C) groups is 1. The number of hydrogen-bond acceptors (Lipinski definition) is 5. The maximum absolute atomic E-state index is 14.3. The molecular formula is C26H31FN4O2. The number of amides is 1. The van der Waals surface area contributed by atoms with Crippen molar-refractivity contribution in [1.29, 1.82) is 0 Å². The zero-order valence-electron chi connectivity index (χ0n) is 19.6. The third-order valence-corrected chi connectivity index (χ3v) is 6.44. The summed E-state index contributed by atoms with van der Waals surface area (Å²) in [4.78, 5) is 21.7. The Kier molecular flexibility index (Phi) is 6.15. The summed E-state index contributed by atoms with van der Waals surface area (Å²) in [7, 11) is 0. The van der Waals surface area contributed by atoms with Crippen LogP contribution in [0.2, 0.25) is 0 Å². The molecule has 2 aliphatic rings. The molecular weight excluding hydrogens is 419 g/mol. The molecule has 3 heterocycles. The van der Waals surface area contributed by atoms with Gasteiger partial charge in [-0.2, -0.15) is 0 Å². The number of carbonyl (C=O) groups is 1. The van der Waals surface area contributed by atoms with Crippen molar-refractivity contribution in [3.05, 3.63) is 66.3 Å². The topological polar surface area (TPSA) is 61.1 Å². The maximum atomic E-state index is 14.3. The van der Waals surface area contributed by atoms with Crippen LogP contribution >= 0.6 is 0 Å². The van der Waals surface area contributed by atoms with E-state index in [0.29, 0.717) is 49.9 Å². The molecule has 7 heteroatoms. The molecule has 1 aromatic carbocycles. The first-order valence-corrected chi connectivity index (χ1v) is 11.4. The number of furan rings is 1. The molecule has 4 rings (SSSR count). The standard InChI is InChI=1S/C26H31FN4O2/c1-6-18-11-12-28-24(29-15-18)25(32)31-14-13-30(16-26(31,4)5)17(3)22-19(7-2)20-9-8-10-21(27)23(20)33-22/h6,8-10,15H,1,3,7,11-14,16H2,2,4-5H3,(H,28,29). The van der Waals surface area contributed by atoms with E-state index in [1.807, 2.05) is 31.7 Å². The SMILES string of the molecule is C=CC1=CNC(C(=O)N2CCN(C(=C)c3oc4c(F)cccc4c3CC)CC2(C)C)=NCC1. The lowest BCUT2D eigenvalue weighted by molar-refractivity contribution is -0.132. The zero-order valence-corrected chi connectivity index (χ0v) is 19.6. The summed E-state index contributed by atoms with van der Waals surface area (Å²) >= 11 is 0. The third kappa shape index (κ3) is 4.19. The van der Waals surface area contributed by atoms with E-state index in [2.05, 4.69) is 28.4 Å². The van der Waals surface area contributed by atoms with Gasteiger partial charge >= 0.3 is 0 Å². The molecule has 0 bridgehead atoms. The van der Waals surface area contributed by atoms with Gasteiger partial charge in [-0.25, -0.2) is 4.39 Å². The average Bonchev–Trinajstić information content (AvgIpc) is 3.01. The van der Waals surface area contributed by atoms with Gasteiger partial charge in [-0.1, -0.05) is 38.3 Å². The minimum atomic E-state index is -0.469. The van der Waals surface area contributed by atoms with E-state index < -0.39 is 5.54 Å². The molecule has 1 saturated heterocycles. The number of allylic oxidation sites excluding steroid dienone is 1. The number of hydrogen-bond donors (Lipinski definition) is 1.